The molecule has 1 aliphatic carbocycles. The molecule has 2 atom stereocenters. The number of nitrogens with zero attached hydrogens (tertiary/aromatic N) is 2. The van der Waals surface area contributed by atoms with E-state index in [0.717, 1.165) is 29.7 Å². The maximum atomic E-state index is 12.9. The van der Waals surface area contributed by atoms with Gasteiger partial charge in [-0.05, 0) is 18.8 Å². The molecule has 2 aliphatic rings. The molecule has 1 saturated carbocycles. The number of imide groups is 1. The van der Waals surface area contributed by atoms with E-state index in [1.807, 2.05) is 37.3 Å². The first-order chi connectivity index (χ1) is 14.0. The minimum atomic E-state index is -0.886. The van der Waals surface area contributed by atoms with Gasteiger partial charge in [-0.15, -0.1) is 0 Å². The Morgan fingerprint density at radius 2 is 2.10 bits per heavy atom. The fourth-order valence-corrected chi connectivity index (χ4v) is 4.07. The Morgan fingerprint density at radius 3 is 2.86 bits per heavy atom. The van der Waals surface area contributed by atoms with Crippen LogP contribution in [-0.2, 0) is 20.9 Å². The van der Waals surface area contributed by atoms with Gasteiger partial charge >= 0.3 is 12.0 Å². The number of hydrogen-bond donors (Lipinski definition) is 1. The number of benzene rings is 1. The van der Waals surface area contributed by atoms with Crippen LogP contribution in [0.3, 0.4) is 0 Å². The van der Waals surface area contributed by atoms with Crippen LogP contribution in [0, 0.1) is 5.92 Å². The second kappa shape index (κ2) is 7.69. The zero-order chi connectivity index (χ0) is 20.4. The maximum Gasteiger partial charge on any atom is 0.326 e. The highest BCUT2D eigenvalue weighted by Crippen LogP contribution is 2.38. The molecular weight excluding hydrogens is 374 g/mol. The fourth-order valence-electron chi connectivity index (χ4n) is 4.07. The number of oxazole rings is 1. The van der Waals surface area contributed by atoms with Gasteiger partial charge in [0.15, 0.2) is 12.4 Å². The molecule has 1 spiro atoms. The molecule has 1 aromatic carbocycles. The molecule has 0 unspecified atom stereocenters. The summed E-state index contributed by atoms with van der Waals surface area (Å²) >= 11 is 0. The van der Waals surface area contributed by atoms with E-state index in [1.54, 1.807) is 6.20 Å². The van der Waals surface area contributed by atoms with Crippen LogP contribution in [0.1, 0.15) is 38.5 Å². The lowest BCUT2D eigenvalue weighted by atomic mass is 9.73. The molecule has 1 saturated heterocycles. The first-order valence-corrected chi connectivity index (χ1v) is 9.79. The van der Waals surface area contributed by atoms with Crippen molar-refractivity contribution in [1.82, 2.24) is 15.2 Å². The minimum Gasteiger partial charge on any atom is -0.454 e. The van der Waals surface area contributed by atoms with Gasteiger partial charge in [0.1, 0.15) is 12.1 Å². The zero-order valence-corrected chi connectivity index (χ0v) is 16.2. The Morgan fingerprint density at radius 1 is 1.31 bits per heavy atom. The summed E-state index contributed by atoms with van der Waals surface area (Å²) in [6, 6.07) is 8.90. The number of esters is 1. The lowest BCUT2D eigenvalue weighted by Crippen LogP contribution is -2.54. The fraction of sp³-hybridized carbons (Fsp3) is 0.429. The van der Waals surface area contributed by atoms with Gasteiger partial charge in [0, 0.05) is 5.56 Å². The zero-order valence-electron chi connectivity index (χ0n) is 16.2. The number of rotatable bonds is 5. The Balaban J connectivity index is 1.35. The summed E-state index contributed by atoms with van der Waals surface area (Å²) in [5, 5.41) is 2.82. The molecule has 152 valence electrons. The number of amides is 3. The van der Waals surface area contributed by atoms with Crippen LogP contribution in [0.2, 0.25) is 0 Å². The Bertz CT molecular complexity index is 925. The number of carbonyl (C=O) groups excluding carboxylic acids is 3. The van der Waals surface area contributed by atoms with Crippen molar-refractivity contribution >= 4 is 17.9 Å². The third-order valence-corrected chi connectivity index (χ3v) is 5.76. The van der Waals surface area contributed by atoms with Gasteiger partial charge in [-0.25, -0.2) is 9.78 Å². The van der Waals surface area contributed by atoms with Gasteiger partial charge < -0.3 is 14.5 Å². The van der Waals surface area contributed by atoms with Crippen molar-refractivity contribution in [2.45, 2.75) is 44.8 Å². The summed E-state index contributed by atoms with van der Waals surface area (Å²) < 4.78 is 10.8. The van der Waals surface area contributed by atoms with E-state index in [1.165, 1.54) is 0 Å². The molecule has 8 heteroatoms. The summed E-state index contributed by atoms with van der Waals surface area (Å²) in [5.41, 5.74) is -0.0215. The van der Waals surface area contributed by atoms with Gasteiger partial charge in [0.2, 0.25) is 5.89 Å². The highest BCUT2D eigenvalue weighted by atomic mass is 16.5. The maximum absolute atomic E-state index is 12.9. The first-order valence-electron chi connectivity index (χ1n) is 9.79. The van der Waals surface area contributed by atoms with Crippen molar-refractivity contribution in [3.05, 3.63) is 42.4 Å². The lowest BCUT2D eigenvalue weighted by molar-refractivity contribution is -0.150. The van der Waals surface area contributed by atoms with Crippen molar-refractivity contribution in [1.29, 1.82) is 0 Å². The van der Waals surface area contributed by atoms with Crippen molar-refractivity contribution in [2.75, 3.05) is 6.54 Å². The van der Waals surface area contributed by atoms with E-state index in [0.29, 0.717) is 12.2 Å². The van der Waals surface area contributed by atoms with Crippen LogP contribution >= 0.6 is 0 Å². The smallest absolute Gasteiger partial charge is 0.326 e. The third-order valence-electron chi connectivity index (χ3n) is 5.76. The second-order valence-electron chi connectivity index (χ2n) is 7.58. The summed E-state index contributed by atoms with van der Waals surface area (Å²) in [5.74, 6) is -0.175. The number of aromatic nitrogens is 1. The predicted molar refractivity (Wildman–Crippen MR) is 102 cm³/mol. The van der Waals surface area contributed by atoms with E-state index in [-0.39, 0.29) is 24.3 Å². The van der Waals surface area contributed by atoms with Gasteiger partial charge in [-0.3, -0.25) is 14.5 Å². The van der Waals surface area contributed by atoms with Crippen molar-refractivity contribution in [3.63, 3.8) is 0 Å². The summed E-state index contributed by atoms with van der Waals surface area (Å²) in [7, 11) is 0. The largest absolute Gasteiger partial charge is 0.454 e. The van der Waals surface area contributed by atoms with Crippen molar-refractivity contribution < 1.29 is 23.5 Å². The normalized spacial score (nSPS) is 24.0. The quantitative estimate of drug-likeness (QED) is 0.615. The summed E-state index contributed by atoms with van der Waals surface area (Å²) in [6.45, 7) is 1.37. The third kappa shape index (κ3) is 3.62. The predicted octanol–water partition coefficient (Wildman–Crippen LogP) is 2.89. The first kappa shape index (κ1) is 19.2. The van der Waals surface area contributed by atoms with Gasteiger partial charge in [0.05, 0.1) is 6.20 Å². The molecule has 29 heavy (non-hydrogen) atoms. The number of carbonyl (C=O) groups is 3. The molecule has 8 nitrogen and oxygen atoms in total. The Labute approximate surface area is 168 Å². The number of nitrogens with one attached hydrogen (secondary N) is 1. The van der Waals surface area contributed by atoms with Crippen LogP contribution in [0.15, 0.2) is 40.9 Å². The van der Waals surface area contributed by atoms with E-state index in [9.17, 15) is 14.4 Å². The van der Waals surface area contributed by atoms with Crippen LogP contribution < -0.4 is 5.32 Å². The SMILES string of the molecule is C[C@@H]1CCCC[C@]12NC(=O)N(CC(=O)OCc1ncc(-c3ccccc3)o1)C2=O. The van der Waals surface area contributed by atoms with Crippen molar-refractivity contribution in [2.24, 2.45) is 5.92 Å². The summed E-state index contributed by atoms with van der Waals surface area (Å²) in [4.78, 5) is 42.5. The van der Waals surface area contributed by atoms with Crippen LogP contribution in [0.4, 0.5) is 4.79 Å². The van der Waals surface area contributed by atoms with E-state index >= 15 is 0 Å². The molecule has 1 N–H and O–H groups in total. The molecule has 0 radical (unpaired) electrons. The topological polar surface area (TPSA) is 102 Å². The molecule has 2 heterocycles. The van der Waals surface area contributed by atoms with E-state index in [4.69, 9.17) is 9.15 Å². The molecule has 0 bridgehead atoms. The molecule has 4 rings (SSSR count). The number of hydrogen-bond acceptors (Lipinski definition) is 6. The highest BCUT2D eigenvalue weighted by molar-refractivity contribution is 6.08. The minimum absolute atomic E-state index is 0.0393. The molecule has 2 aromatic rings. The molecule has 2 fully saturated rings. The lowest BCUT2D eigenvalue weighted by Gasteiger charge is -2.36. The van der Waals surface area contributed by atoms with E-state index in [2.05, 4.69) is 10.3 Å². The summed E-state index contributed by atoms with van der Waals surface area (Å²) in [6.07, 6.45) is 4.95. The van der Waals surface area contributed by atoms with Gasteiger partial charge in [0.25, 0.3) is 5.91 Å². The van der Waals surface area contributed by atoms with Crippen molar-refractivity contribution in [3.8, 4) is 11.3 Å². The Kier molecular flexibility index (Phi) is 5.08. The van der Waals surface area contributed by atoms with Crippen LogP contribution in [-0.4, -0.2) is 39.9 Å². The molecular formula is C21H23N3O5. The number of ether oxygens (including phenoxy) is 1. The molecule has 3 amide bonds. The van der Waals surface area contributed by atoms with E-state index < -0.39 is 24.1 Å². The Hall–Kier alpha value is -3.16. The molecule has 1 aliphatic heterocycles. The number of urea groups is 1. The monoisotopic (exact) mass is 397 g/mol. The van der Waals surface area contributed by atoms with Gasteiger partial charge in [-0.2, -0.15) is 0 Å². The van der Waals surface area contributed by atoms with Gasteiger partial charge in [-0.1, -0.05) is 50.1 Å². The highest BCUT2D eigenvalue weighted by Gasteiger charge is 2.55. The van der Waals surface area contributed by atoms with Crippen LogP contribution in [0.5, 0.6) is 0 Å². The molecule has 1 aromatic heterocycles. The standard InChI is InChI=1S/C21H23N3O5/c1-14-7-5-6-10-21(14)19(26)24(20(27)23-21)12-18(25)28-13-17-22-11-16(29-17)15-8-3-2-4-9-15/h2-4,8-9,11,14H,5-7,10,12-13H2,1H3,(H,23,27)/t14-,21+/m1/s1. The average Bonchev–Trinajstić information content (AvgIpc) is 3.29. The second-order valence-corrected chi connectivity index (χ2v) is 7.58. The average molecular weight is 397 g/mol. The van der Waals surface area contributed by atoms with Crippen LogP contribution in [0.25, 0.3) is 11.3 Å².